The van der Waals surface area contributed by atoms with Crippen molar-refractivity contribution < 1.29 is 42.1 Å². The van der Waals surface area contributed by atoms with Crippen LogP contribution in [0.2, 0.25) is 0 Å². The van der Waals surface area contributed by atoms with Crippen molar-refractivity contribution in [3.63, 3.8) is 0 Å². The van der Waals surface area contributed by atoms with Gasteiger partial charge in [0.25, 0.3) is 0 Å². The van der Waals surface area contributed by atoms with Crippen LogP contribution < -0.4 is 0 Å². The Morgan fingerprint density at radius 3 is 1.50 bits per heavy atom. The van der Waals surface area contributed by atoms with Crippen LogP contribution in [0.3, 0.4) is 0 Å². The van der Waals surface area contributed by atoms with Crippen LogP contribution in [0, 0.1) is 0 Å². The number of esters is 2. The number of phosphoric acid groups is 1. The summed E-state index contributed by atoms with van der Waals surface area (Å²) in [6.45, 7) is 5.94. The molecule has 0 heterocycles. The molecular weight excluding hydrogens is 701 g/mol. The zero-order valence-corrected chi connectivity index (χ0v) is 36.4. The maximum absolute atomic E-state index is 12.7. The number of ether oxygens (including phenoxy) is 2. The van der Waals surface area contributed by atoms with Crippen LogP contribution in [-0.4, -0.2) is 74.9 Å². The number of carbonyl (C=O) groups is 2. The molecule has 2 atom stereocenters. The molecule has 318 valence electrons. The quantitative estimate of drug-likeness (QED) is 0.0215. The zero-order chi connectivity index (χ0) is 40.0. The molecular formula is C44H85NO8P+. The second-order valence-electron chi connectivity index (χ2n) is 16.2. The highest BCUT2D eigenvalue weighted by atomic mass is 31.2. The lowest BCUT2D eigenvalue weighted by Crippen LogP contribution is -2.37. The molecule has 0 aromatic rings. The van der Waals surface area contributed by atoms with Crippen LogP contribution in [-0.2, 0) is 32.7 Å². The Bertz CT molecular complexity index is 967. The fraction of sp³-hybridized carbons (Fsp3) is 0.864. The summed E-state index contributed by atoms with van der Waals surface area (Å²) >= 11 is 0. The summed E-state index contributed by atoms with van der Waals surface area (Å²) in [5.74, 6) is -0.801. The van der Waals surface area contributed by atoms with Crippen LogP contribution in [0.15, 0.2) is 24.8 Å². The lowest BCUT2D eigenvalue weighted by molar-refractivity contribution is -0.870. The summed E-state index contributed by atoms with van der Waals surface area (Å²) in [5.41, 5.74) is 0. The number of allylic oxidation sites excluding steroid dienone is 3. The van der Waals surface area contributed by atoms with Gasteiger partial charge in [-0.15, -0.1) is 6.58 Å². The molecule has 9 nitrogen and oxygen atoms in total. The third kappa shape index (κ3) is 40.2. The third-order valence-corrected chi connectivity index (χ3v) is 10.6. The van der Waals surface area contributed by atoms with E-state index in [-0.39, 0.29) is 32.0 Å². The van der Waals surface area contributed by atoms with Gasteiger partial charge in [-0.05, 0) is 51.4 Å². The third-order valence-electron chi connectivity index (χ3n) is 9.60. The maximum atomic E-state index is 12.7. The first-order valence-corrected chi connectivity index (χ1v) is 23.5. The number of hydrogen-bond donors (Lipinski definition) is 1. The van der Waals surface area contributed by atoms with Crippen molar-refractivity contribution in [3.8, 4) is 0 Å². The fourth-order valence-corrected chi connectivity index (χ4v) is 6.85. The summed E-state index contributed by atoms with van der Waals surface area (Å²) in [5, 5.41) is 0. The first kappa shape index (κ1) is 52.5. The van der Waals surface area contributed by atoms with Crippen molar-refractivity contribution in [3.05, 3.63) is 24.8 Å². The number of quaternary nitrogens is 1. The minimum atomic E-state index is -4.37. The highest BCUT2D eigenvalue weighted by Gasteiger charge is 2.27. The molecule has 0 aliphatic rings. The van der Waals surface area contributed by atoms with Gasteiger partial charge in [0.1, 0.15) is 19.8 Å². The molecule has 1 unspecified atom stereocenters. The Balaban J connectivity index is 4.33. The molecule has 0 saturated carbocycles. The van der Waals surface area contributed by atoms with Crippen molar-refractivity contribution in [2.45, 2.75) is 199 Å². The van der Waals surface area contributed by atoms with E-state index in [1.807, 2.05) is 27.2 Å². The minimum absolute atomic E-state index is 0.0318. The zero-order valence-electron chi connectivity index (χ0n) is 35.6. The van der Waals surface area contributed by atoms with Crippen LogP contribution in [0.5, 0.6) is 0 Å². The van der Waals surface area contributed by atoms with Gasteiger partial charge in [0, 0.05) is 12.8 Å². The first-order valence-electron chi connectivity index (χ1n) is 22.0. The number of nitrogens with zero attached hydrogens (tertiary/aromatic N) is 1. The number of rotatable bonds is 41. The van der Waals surface area contributed by atoms with E-state index < -0.39 is 26.5 Å². The Labute approximate surface area is 332 Å². The van der Waals surface area contributed by atoms with Crippen molar-refractivity contribution in [1.29, 1.82) is 0 Å². The topological polar surface area (TPSA) is 108 Å². The van der Waals surface area contributed by atoms with Crippen LogP contribution >= 0.6 is 7.82 Å². The Morgan fingerprint density at radius 1 is 0.611 bits per heavy atom. The maximum Gasteiger partial charge on any atom is 0.472 e. The van der Waals surface area contributed by atoms with Crippen LogP contribution in [0.1, 0.15) is 193 Å². The summed E-state index contributed by atoms with van der Waals surface area (Å²) in [6, 6.07) is 0. The molecule has 0 aliphatic carbocycles. The van der Waals surface area contributed by atoms with E-state index in [2.05, 4.69) is 25.7 Å². The largest absolute Gasteiger partial charge is 0.472 e. The normalized spacial score (nSPS) is 13.6. The molecule has 10 heteroatoms. The van der Waals surface area contributed by atoms with E-state index in [1.54, 1.807) is 0 Å². The second-order valence-corrected chi connectivity index (χ2v) is 17.6. The van der Waals surface area contributed by atoms with Gasteiger partial charge in [-0.2, -0.15) is 0 Å². The summed E-state index contributed by atoms with van der Waals surface area (Å²) in [6.07, 6.45) is 38.2. The smallest absolute Gasteiger partial charge is 0.462 e. The van der Waals surface area contributed by atoms with Gasteiger partial charge in [-0.3, -0.25) is 18.6 Å². The molecule has 0 fully saturated rings. The number of carbonyl (C=O) groups excluding carboxylic acids is 2. The second kappa shape index (κ2) is 37.1. The number of phosphoric ester groups is 1. The molecule has 0 aliphatic heterocycles. The summed E-state index contributed by atoms with van der Waals surface area (Å²) in [4.78, 5) is 35.3. The highest BCUT2D eigenvalue weighted by molar-refractivity contribution is 7.47. The molecule has 0 radical (unpaired) electrons. The Morgan fingerprint density at radius 2 is 1.04 bits per heavy atom. The molecule has 0 rings (SSSR count). The summed E-state index contributed by atoms with van der Waals surface area (Å²) < 4.78 is 34.3. The van der Waals surface area contributed by atoms with Crippen LogP contribution in [0.4, 0.5) is 0 Å². The lowest BCUT2D eigenvalue weighted by atomic mass is 10.0. The molecule has 0 amide bonds. The number of unbranched alkanes of at least 4 members (excludes halogenated alkanes) is 24. The van der Waals surface area contributed by atoms with Crippen molar-refractivity contribution >= 4 is 19.8 Å². The van der Waals surface area contributed by atoms with E-state index in [4.69, 9.17) is 18.5 Å². The van der Waals surface area contributed by atoms with Gasteiger partial charge in [0.05, 0.1) is 27.7 Å². The molecule has 0 aromatic heterocycles. The van der Waals surface area contributed by atoms with Gasteiger partial charge >= 0.3 is 19.8 Å². The van der Waals surface area contributed by atoms with Crippen molar-refractivity contribution in [1.82, 2.24) is 0 Å². The fourth-order valence-electron chi connectivity index (χ4n) is 6.11. The van der Waals surface area contributed by atoms with E-state index in [0.717, 1.165) is 38.5 Å². The summed E-state index contributed by atoms with van der Waals surface area (Å²) in [7, 11) is 1.48. The molecule has 1 N–H and O–H groups in total. The van der Waals surface area contributed by atoms with E-state index in [9.17, 15) is 19.0 Å². The van der Waals surface area contributed by atoms with Gasteiger partial charge < -0.3 is 18.9 Å². The van der Waals surface area contributed by atoms with E-state index in [1.165, 1.54) is 128 Å². The van der Waals surface area contributed by atoms with Gasteiger partial charge in [-0.25, -0.2) is 4.57 Å². The predicted octanol–water partition coefficient (Wildman–Crippen LogP) is 12.4. The van der Waals surface area contributed by atoms with Crippen LogP contribution in [0.25, 0.3) is 0 Å². The van der Waals surface area contributed by atoms with E-state index in [0.29, 0.717) is 17.4 Å². The predicted molar refractivity (Wildman–Crippen MR) is 224 cm³/mol. The average molecular weight is 787 g/mol. The molecule has 54 heavy (non-hydrogen) atoms. The van der Waals surface area contributed by atoms with Gasteiger partial charge in [0.2, 0.25) is 0 Å². The van der Waals surface area contributed by atoms with Crippen molar-refractivity contribution in [2.24, 2.45) is 0 Å². The van der Waals surface area contributed by atoms with Gasteiger partial charge in [0.15, 0.2) is 6.10 Å². The Hall–Kier alpha value is -1.51. The lowest BCUT2D eigenvalue weighted by Gasteiger charge is -2.24. The average Bonchev–Trinajstić information content (AvgIpc) is 3.12. The van der Waals surface area contributed by atoms with Gasteiger partial charge in [-0.1, -0.05) is 147 Å². The van der Waals surface area contributed by atoms with Crippen molar-refractivity contribution in [2.75, 3.05) is 47.5 Å². The van der Waals surface area contributed by atoms with E-state index >= 15 is 0 Å². The Kier molecular flexibility index (Phi) is 36.1. The monoisotopic (exact) mass is 787 g/mol. The minimum Gasteiger partial charge on any atom is -0.462 e. The molecule has 0 spiro atoms. The SMILES string of the molecule is C=CCCCCCCCCCCCCCCCC(=O)O[C@H](COC(=O)CCCCCCCCC/C=C/CCCCCC)COP(=O)(O)OCC[N+](C)(C)C. The number of hydrogen-bond acceptors (Lipinski definition) is 7. The molecule has 0 saturated heterocycles. The highest BCUT2D eigenvalue weighted by Crippen LogP contribution is 2.43. The standard InChI is InChI=1S/C44H84NO8P/c1-6-8-10-12-14-16-18-20-22-24-26-28-30-32-34-36-43(46)50-40-42(41-52-54(48,49)51-39-38-45(3,4)5)53-44(47)37-35-33-31-29-27-25-23-21-19-17-15-13-11-9-7-2/h7,16,18,42H,2,6,8-15,17,19-41H2,1,3-5H3/p+1/b18-16+/t42-/m1/s1. The molecule has 0 bridgehead atoms. The first-order chi connectivity index (χ1) is 26.0. The molecule has 0 aromatic carbocycles. The number of likely N-dealkylation sites (N-methyl/N-ethyl adjacent to an activating group) is 1.